The topological polar surface area (TPSA) is 97.7 Å². The van der Waals surface area contributed by atoms with E-state index in [1.165, 1.54) is 6.26 Å². The van der Waals surface area contributed by atoms with Crippen molar-refractivity contribution < 1.29 is 18.5 Å². The molecule has 1 amide bonds. The summed E-state index contributed by atoms with van der Waals surface area (Å²) in [6.07, 6.45) is 5.35. The molecule has 4 rings (SSSR count). The lowest BCUT2D eigenvalue weighted by Gasteiger charge is -2.16. The fourth-order valence-corrected chi connectivity index (χ4v) is 2.86. The molecule has 0 spiro atoms. The molecule has 4 heterocycles. The Kier molecular flexibility index (Phi) is 4.49. The predicted octanol–water partition coefficient (Wildman–Crippen LogP) is 2.08. The summed E-state index contributed by atoms with van der Waals surface area (Å²) in [5.41, 5.74) is 0.247. The van der Waals surface area contributed by atoms with Gasteiger partial charge < -0.3 is 23.5 Å². The number of hydrogen-bond donors (Lipinski definition) is 0. The van der Waals surface area contributed by atoms with E-state index in [1.807, 2.05) is 19.0 Å². The van der Waals surface area contributed by atoms with E-state index >= 15 is 0 Å². The van der Waals surface area contributed by atoms with E-state index < -0.39 is 0 Å². The number of rotatable bonds is 5. The molecule has 27 heavy (non-hydrogen) atoms. The molecule has 3 aromatic rings. The molecule has 0 N–H and O–H groups in total. The zero-order valence-corrected chi connectivity index (χ0v) is 15.0. The van der Waals surface area contributed by atoms with Crippen molar-refractivity contribution in [3.8, 4) is 17.4 Å². The van der Waals surface area contributed by atoms with Gasteiger partial charge in [0.1, 0.15) is 6.10 Å². The minimum atomic E-state index is -0.198. The molecule has 9 nitrogen and oxygen atoms in total. The first kappa shape index (κ1) is 17.1. The zero-order chi connectivity index (χ0) is 18.8. The Morgan fingerprint density at radius 1 is 1.33 bits per heavy atom. The molecule has 1 atom stereocenters. The van der Waals surface area contributed by atoms with Crippen LogP contribution in [0.5, 0.6) is 5.88 Å². The van der Waals surface area contributed by atoms with Crippen molar-refractivity contribution in [1.29, 1.82) is 0 Å². The maximum atomic E-state index is 12.7. The third-order valence-corrected chi connectivity index (χ3v) is 4.27. The number of likely N-dealkylation sites (tertiary alicyclic amines) is 1. The largest absolute Gasteiger partial charge is 0.471 e. The van der Waals surface area contributed by atoms with Crippen LogP contribution in [0.3, 0.4) is 0 Å². The van der Waals surface area contributed by atoms with Gasteiger partial charge in [0.2, 0.25) is 11.6 Å². The first-order valence-electron chi connectivity index (χ1n) is 8.56. The van der Waals surface area contributed by atoms with Gasteiger partial charge in [-0.15, -0.1) is 0 Å². The third-order valence-electron chi connectivity index (χ3n) is 4.27. The van der Waals surface area contributed by atoms with Crippen LogP contribution in [0.15, 0.2) is 45.8 Å². The maximum absolute atomic E-state index is 12.7. The zero-order valence-electron chi connectivity index (χ0n) is 15.0. The van der Waals surface area contributed by atoms with Gasteiger partial charge in [0.15, 0.2) is 17.3 Å². The molecule has 1 fully saturated rings. The summed E-state index contributed by atoms with van der Waals surface area (Å²) < 4.78 is 16.3. The molecule has 1 saturated heterocycles. The van der Waals surface area contributed by atoms with Crippen LogP contribution in [0.4, 0.5) is 5.82 Å². The van der Waals surface area contributed by atoms with Crippen molar-refractivity contribution >= 4 is 11.7 Å². The number of ether oxygens (including phenoxy) is 1. The van der Waals surface area contributed by atoms with Crippen LogP contribution in [0.2, 0.25) is 0 Å². The fourth-order valence-electron chi connectivity index (χ4n) is 2.86. The highest BCUT2D eigenvalue weighted by atomic mass is 16.5. The second-order valence-corrected chi connectivity index (χ2v) is 6.44. The number of carbonyl (C=O) groups is 1. The van der Waals surface area contributed by atoms with Gasteiger partial charge in [-0.25, -0.2) is 0 Å². The summed E-state index contributed by atoms with van der Waals surface area (Å²) in [5.74, 6) is 1.92. The second-order valence-electron chi connectivity index (χ2n) is 6.44. The molecule has 3 aromatic heterocycles. The van der Waals surface area contributed by atoms with Crippen molar-refractivity contribution in [2.24, 2.45) is 0 Å². The molecular weight excluding hydrogens is 350 g/mol. The Bertz CT molecular complexity index is 921. The van der Waals surface area contributed by atoms with Gasteiger partial charge in [0.25, 0.3) is 5.91 Å². The van der Waals surface area contributed by atoms with Gasteiger partial charge in [0.05, 0.1) is 25.2 Å². The lowest BCUT2D eigenvalue weighted by atomic mass is 10.3. The Morgan fingerprint density at radius 2 is 2.22 bits per heavy atom. The first-order chi connectivity index (χ1) is 13.1. The smallest absolute Gasteiger partial charge is 0.276 e. The lowest BCUT2D eigenvalue weighted by Crippen LogP contribution is -2.31. The quantitative estimate of drug-likeness (QED) is 0.674. The summed E-state index contributed by atoms with van der Waals surface area (Å²) in [4.78, 5) is 24.7. The number of aromatic nitrogens is 3. The van der Waals surface area contributed by atoms with E-state index in [0.29, 0.717) is 42.7 Å². The monoisotopic (exact) mass is 369 g/mol. The Labute approximate surface area is 155 Å². The maximum Gasteiger partial charge on any atom is 0.276 e. The van der Waals surface area contributed by atoms with Gasteiger partial charge in [-0.1, -0.05) is 5.16 Å². The van der Waals surface area contributed by atoms with Crippen LogP contribution in [-0.2, 0) is 0 Å². The molecule has 0 bridgehead atoms. The van der Waals surface area contributed by atoms with E-state index in [2.05, 4.69) is 15.1 Å². The Morgan fingerprint density at radius 3 is 3.00 bits per heavy atom. The summed E-state index contributed by atoms with van der Waals surface area (Å²) in [6, 6.07) is 5.08. The van der Waals surface area contributed by atoms with Crippen molar-refractivity contribution in [1.82, 2.24) is 20.0 Å². The molecule has 9 heteroatoms. The van der Waals surface area contributed by atoms with Crippen LogP contribution >= 0.6 is 0 Å². The van der Waals surface area contributed by atoms with Gasteiger partial charge in [-0.05, 0) is 12.1 Å². The number of anilines is 1. The average Bonchev–Trinajstić information content (AvgIpc) is 3.42. The number of hydrogen-bond acceptors (Lipinski definition) is 8. The average molecular weight is 369 g/mol. The lowest BCUT2D eigenvalue weighted by molar-refractivity contribution is 0.0761. The summed E-state index contributed by atoms with van der Waals surface area (Å²) in [7, 11) is 3.78. The molecule has 0 aliphatic carbocycles. The van der Waals surface area contributed by atoms with Crippen molar-refractivity contribution in [3.63, 3.8) is 0 Å². The molecule has 1 aliphatic heterocycles. The van der Waals surface area contributed by atoms with E-state index in [1.54, 1.807) is 35.5 Å². The molecule has 1 unspecified atom stereocenters. The SMILES string of the molecule is CN(C)c1cncc(OC2CCN(C(=O)c3cc(-c4ccco4)on3)C2)n1. The van der Waals surface area contributed by atoms with Crippen molar-refractivity contribution in [3.05, 3.63) is 42.5 Å². The first-order valence-corrected chi connectivity index (χ1v) is 8.56. The number of furan rings is 1. The highest BCUT2D eigenvalue weighted by Crippen LogP contribution is 2.23. The minimum absolute atomic E-state index is 0.142. The third kappa shape index (κ3) is 3.62. The van der Waals surface area contributed by atoms with Crippen molar-refractivity contribution in [2.75, 3.05) is 32.1 Å². The minimum Gasteiger partial charge on any atom is -0.471 e. The predicted molar refractivity (Wildman–Crippen MR) is 95.5 cm³/mol. The van der Waals surface area contributed by atoms with Crippen LogP contribution in [0, 0.1) is 0 Å². The summed E-state index contributed by atoms with van der Waals surface area (Å²) in [6.45, 7) is 1.03. The number of amides is 1. The van der Waals surface area contributed by atoms with E-state index in [9.17, 15) is 4.79 Å². The molecule has 0 radical (unpaired) electrons. The number of carbonyl (C=O) groups excluding carboxylic acids is 1. The molecular formula is C18H19N5O4. The molecule has 140 valence electrons. The normalized spacial score (nSPS) is 16.5. The van der Waals surface area contributed by atoms with E-state index in [-0.39, 0.29) is 17.7 Å². The van der Waals surface area contributed by atoms with Crippen LogP contribution < -0.4 is 9.64 Å². The van der Waals surface area contributed by atoms with Gasteiger partial charge in [-0.2, -0.15) is 4.98 Å². The van der Waals surface area contributed by atoms with Crippen LogP contribution in [0.1, 0.15) is 16.9 Å². The Balaban J connectivity index is 1.39. The highest BCUT2D eigenvalue weighted by molar-refractivity contribution is 5.93. The standard InChI is InChI=1S/C18H19N5O4/c1-22(2)16-9-19-10-17(20-16)26-12-5-6-23(11-12)18(24)13-8-15(27-21-13)14-4-3-7-25-14/h3-4,7-10,12H,5-6,11H2,1-2H3. The number of nitrogens with zero attached hydrogens (tertiary/aromatic N) is 5. The summed E-state index contributed by atoms with van der Waals surface area (Å²) >= 11 is 0. The van der Waals surface area contributed by atoms with Gasteiger partial charge >= 0.3 is 0 Å². The molecule has 0 saturated carbocycles. The van der Waals surface area contributed by atoms with Crippen LogP contribution in [0.25, 0.3) is 11.5 Å². The van der Waals surface area contributed by atoms with Crippen molar-refractivity contribution in [2.45, 2.75) is 12.5 Å². The molecule has 0 aromatic carbocycles. The van der Waals surface area contributed by atoms with Gasteiger partial charge in [-0.3, -0.25) is 9.78 Å². The van der Waals surface area contributed by atoms with E-state index in [0.717, 1.165) is 0 Å². The highest BCUT2D eigenvalue weighted by Gasteiger charge is 2.30. The van der Waals surface area contributed by atoms with Crippen LogP contribution in [-0.4, -0.2) is 59.2 Å². The fraction of sp³-hybridized carbons (Fsp3) is 0.333. The molecule has 1 aliphatic rings. The van der Waals surface area contributed by atoms with Gasteiger partial charge in [0, 0.05) is 33.1 Å². The Hall–Kier alpha value is -3.36. The summed E-state index contributed by atoms with van der Waals surface area (Å²) in [5, 5.41) is 3.86. The second kappa shape index (κ2) is 7.10. The van der Waals surface area contributed by atoms with E-state index in [4.69, 9.17) is 13.7 Å².